The first kappa shape index (κ1) is 22.2. The fourth-order valence-electron chi connectivity index (χ4n) is 3.88. The van der Waals surface area contributed by atoms with Crippen LogP contribution in [-0.4, -0.2) is 54.7 Å². The van der Waals surface area contributed by atoms with Crippen molar-refractivity contribution in [3.8, 4) is 0 Å². The van der Waals surface area contributed by atoms with Gasteiger partial charge in [0.1, 0.15) is 0 Å². The molecule has 3 rings (SSSR count). The van der Waals surface area contributed by atoms with Gasteiger partial charge in [-0.25, -0.2) is 8.42 Å². The van der Waals surface area contributed by atoms with Crippen molar-refractivity contribution in [1.29, 1.82) is 0 Å². The molecular formula is C23H29N3O3S. The average Bonchev–Trinajstić information content (AvgIpc) is 2.75. The fraction of sp³-hybridized carbons (Fsp3) is 0.391. The maximum absolute atomic E-state index is 13.4. The Kier molecular flexibility index (Phi) is 6.43. The van der Waals surface area contributed by atoms with Gasteiger partial charge in [-0.05, 0) is 80.1 Å². The van der Waals surface area contributed by atoms with Gasteiger partial charge in [0.2, 0.25) is 15.9 Å². The summed E-state index contributed by atoms with van der Waals surface area (Å²) in [7, 11) is -3.62. The van der Waals surface area contributed by atoms with Crippen LogP contribution < -0.4 is 0 Å². The lowest BCUT2D eigenvalue weighted by molar-refractivity contribution is -0.127. The molecule has 2 aromatic rings. The van der Waals surface area contributed by atoms with Crippen molar-refractivity contribution in [2.24, 2.45) is 0 Å². The van der Waals surface area contributed by atoms with Crippen LogP contribution in [0.4, 0.5) is 0 Å². The van der Waals surface area contributed by atoms with Gasteiger partial charge < -0.3 is 4.90 Å². The van der Waals surface area contributed by atoms with Crippen LogP contribution in [0.5, 0.6) is 0 Å². The Balaban J connectivity index is 1.75. The number of piperazine rings is 1. The summed E-state index contributed by atoms with van der Waals surface area (Å²) in [5.41, 5.74) is 5.65. The number of hydrogen-bond acceptors (Lipinski definition) is 4. The molecule has 0 atom stereocenters. The number of nitrogens with zero attached hydrogens (tertiary/aromatic N) is 3. The number of hydrogen-bond donors (Lipinski definition) is 0. The minimum absolute atomic E-state index is 0.120. The lowest BCUT2D eigenvalue weighted by Crippen LogP contribution is -2.50. The van der Waals surface area contributed by atoms with Gasteiger partial charge >= 0.3 is 0 Å². The molecule has 2 heterocycles. The molecule has 6 nitrogen and oxygen atoms in total. The number of aromatic nitrogens is 1. The zero-order valence-corrected chi connectivity index (χ0v) is 19.1. The van der Waals surface area contributed by atoms with E-state index in [4.69, 9.17) is 0 Å². The average molecular weight is 428 g/mol. The van der Waals surface area contributed by atoms with Gasteiger partial charge in [0.05, 0.1) is 4.90 Å². The van der Waals surface area contributed by atoms with E-state index in [2.05, 4.69) is 4.98 Å². The summed E-state index contributed by atoms with van der Waals surface area (Å²) >= 11 is 0. The molecular weight excluding hydrogens is 398 g/mol. The van der Waals surface area contributed by atoms with Crippen LogP contribution in [0.3, 0.4) is 0 Å². The lowest BCUT2D eigenvalue weighted by atomic mass is 9.95. The minimum atomic E-state index is -3.62. The van der Waals surface area contributed by atoms with Gasteiger partial charge in [-0.15, -0.1) is 0 Å². The predicted octanol–water partition coefficient (Wildman–Crippen LogP) is 3.17. The molecule has 160 valence electrons. The highest BCUT2D eigenvalue weighted by atomic mass is 32.2. The Bertz CT molecular complexity index is 1060. The van der Waals surface area contributed by atoms with Gasteiger partial charge in [0.15, 0.2) is 0 Å². The normalized spacial score (nSPS) is 15.7. The van der Waals surface area contributed by atoms with Gasteiger partial charge in [-0.1, -0.05) is 6.07 Å². The molecule has 0 saturated carbocycles. The summed E-state index contributed by atoms with van der Waals surface area (Å²) in [4.78, 5) is 18.6. The third kappa shape index (κ3) is 4.18. The van der Waals surface area contributed by atoms with Crippen molar-refractivity contribution in [3.63, 3.8) is 0 Å². The monoisotopic (exact) mass is 427 g/mol. The largest absolute Gasteiger partial charge is 0.337 e. The quantitative estimate of drug-likeness (QED) is 0.703. The molecule has 1 aromatic heterocycles. The smallest absolute Gasteiger partial charge is 0.246 e. The second kappa shape index (κ2) is 8.70. The first-order chi connectivity index (χ1) is 14.1. The summed E-state index contributed by atoms with van der Waals surface area (Å²) < 4.78 is 28.4. The molecule has 1 aliphatic rings. The number of amides is 1. The van der Waals surface area contributed by atoms with Gasteiger partial charge in [0.25, 0.3) is 0 Å². The van der Waals surface area contributed by atoms with Crippen molar-refractivity contribution in [3.05, 3.63) is 64.0 Å². The van der Waals surface area contributed by atoms with Crippen LogP contribution in [0.25, 0.3) is 6.08 Å². The molecule has 1 fully saturated rings. The van der Waals surface area contributed by atoms with E-state index in [0.29, 0.717) is 31.1 Å². The molecule has 0 aliphatic carbocycles. The summed E-state index contributed by atoms with van der Waals surface area (Å²) in [5.74, 6) is -0.120. The van der Waals surface area contributed by atoms with E-state index in [9.17, 15) is 13.2 Å². The van der Waals surface area contributed by atoms with Crippen molar-refractivity contribution < 1.29 is 13.2 Å². The van der Waals surface area contributed by atoms with Crippen LogP contribution in [0, 0.1) is 34.6 Å². The first-order valence-electron chi connectivity index (χ1n) is 10.1. The van der Waals surface area contributed by atoms with E-state index in [-0.39, 0.29) is 5.91 Å². The van der Waals surface area contributed by atoms with E-state index >= 15 is 0 Å². The van der Waals surface area contributed by atoms with E-state index < -0.39 is 10.0 Å². The first-order valence-corrected chi connectivity index (χ1v) is 11.5. The summed E-state index contributed by atoms with van der Waals surface area (Å²) in [6, 6.07) is 3.68. The molecule has 7 heteroatoms. The van der Waals surface area contributed by atoms with Crippen molar-refractivity contribution >= 4 is 22.0 Å². The van der Waals surface area contributed by atoms with Crippen molar-refractivity contribution in [1.82, 2.24) is 14.2 Å². The van der Waals surface area contributed by atoms with Crippen LogP contribution in [0.1, 0.15) is 33.4 Å². The third-order valence-electron chi connectivity index (χ3n) is 6.18. The standard InChI is InChI=1S/C23H29N3O3S/c1-16-17(2)19(4)23(20(5)18(16)3)30(28,29)26-13-11-25(12-14-26)22(27)9-8-21-7-6-10-24-15-21/h6-10,15H,11-14H2,1-5H3. The second-order valence-electron chi connectivity index (χ2n) is 7.80. The number of pyridine rings is 1. The highest BCUT2D eigenvalue weighted by molar-refractivity contribution is 7.89. The fourth-order valence-corrected chi connectivity index (χ4v) is 5.86. The minimum Gasteiger partial charge on any atom is -0.337 e. The maximum Gasteiger partial charge on any atom is 0.246 e. The van der Waals surface area contributed by atoms with Gasteiger partial charge in [-0.2, -0.15) is 4.31 Å². The Morgan fingerprint density at radius 3 is 2.03 bits per heavy atom. The molecule has 1 saturated heterocycles. The summed E-state index contributed by atoms with van der Waals surface area (Å²) in [6.07, 6.45) is 6.61. The molecule has 1 aliphatic heterocycles. The number of carbonyl (C=O) groups is 1. The lowest BCUT2D eigenvalue weighted by Gasteiger charge is -2.34. The molecule has 0 bridgehead atoms. The van der Waals surface area contributed by atoms with Gasteiger partial charge in [0, 0.05) is 44.6 Å². The van der Waals surface area contributed by atoms with Crippen LogP contribution in [-0.2, 0) is 14.8 Å². The van der Waals surface area contributed by atoms with Gasteiger partial charge in [-0.3, -0.25) is 9.78 Å². The Morgan fingerprint density at radius 2 is 1.50 bits per heavy atom. The Labute approximate surface area is 179 Å². The maximum atomic E-state index is 13.4. The highest BCUT2D eigenvalue weighted by Gasteiger charge is 2.33. The van der Waals surface area contributed by atoms with E-state index in [1.807, 2.05) is 46.8 Å². The van der Waals surface area contributed by atoms with Crippen LogP contribution in [0.2, 0.25) is 0 Å². The zero-order chi connectivity index (χ0) is 22.1. The third-order valence-corrected chi connectivity index (χ3v) is 8.36. The predicted molar refractivity (Wildman–Crippen MR) is 119 cm³/mol. The summed E-state index contributed by atoms with van der Waals surface area (Å²) in [5, 5.41) is 0. The molecule has 0 spiro atoms. The molecule has 0 N–H and O–H groups in total. The van der Waals surface area contributed by atoms with Crippen LogP contribution >= 0.6 is 0 Å². The molecule has 1 amide bonds. The molecule has 0 unspecified atom stereocenters. The van der Waals surface area contributed by atoms with E-state index in [0.717, 1.165) is 33.4 Å². The summed E-state index contributed by atoms with van der Waals surface area (Å²) in [6.45, 7) is 11.1. The number of sulfonamides is 1. The molecule has 30 heavy (non-hydrogen) atoms. The van der Waals surface area contributed by atoms with Crippen molar-refractivity contribution in [2.75, 3.05) is 26.2 Å². The molecule has 1 aromatic carbocycles. The highest BCUT2D eigenvalue weighted by Crippen LogP contribution is 2.31. The number of rotatable bonds is 4. The van der Waals surface area contributed by atoms with E-state index in [1.165, 1.54) is 10.4 Å². The SMILES string of the molecule is Cc1c(C)c(C)c(S(=O)(=O)N2CCN(C(=O)C=Cc3cccnc3)CC2)c(C)c1C. The van der Waals surface area contributed by atoms with Crippen molar-refractivity contribution in [2.45, 2.75) is 39.5 Å². The Hall–Kier alpha value is -2.51. The number of benzene rings is 1. The van der Waals surface area contributed by atoms with Crippen LogP contribution in [0.15, 0.2) is 35.5 Å². The number of carbonyl (C=O) groups excluding carboxylic acids is 1. The topological polar surface area (TPSA) is 70.6 Å². The Morgan fingerprint density at radius 1 is 0.933 bits per heavy atom. The van der Waals surface area contributed by atoms with E-state index in [1.54, 1.807) is 23.4 Å². The zero-order valence-electron chi connectivity index (χ0n) is 18.3. The molecule has 0 radical (unpaired) electrons. The second-order valence-corrected chi connectivity index (χ2v) is 9.68.